The van der Waals surface area contributed by atoms with Crippen LogP contribution in [0.5, 0.6) is 5.75 Å². The molecule has 30 heavy (non-hydrogen) atoms. The third-order valence-corrected chi connectivity index (χ3v) is 5.89. The maximum Gasteiger partial charge on any atom is 0.250 e. The van der Waals surface area contributed by atoms with Crippen LogP contribution in [0.3, 0.4) is 0 Å². The number of nitrogens with zero attached hydrogens (tertiary/aromatic N) is 2. The second-order valence-electron chi connectivity index (χ2n) is 5.79. The highest BCUT2D eigenvalue weighted by Gasteiger charge is 2.10. The second kappa shape index (κ2) is 10.8. The molecule has 0 saturated heterocycles. The van der Waals surface area contributed by atoms with E-state index in [0.29, 0.717) is 25.9 Å². The van der Waals surface area contributed by atoms with Gasteiger partial charge in [0.2, 0.25) is 16.9 Å². The lowest BCUT2D eigenvalue weighted by molar-refractivity contribution is -0.114. The molecule has 0 radical (unpaired) electrons. The summed E-state index contributed by atoms with van der Waals surface area (Å²) in [6.45, 7) is 0. The predicted octanol–water partition coefficient (Wildman–Crippen LogP) is 4.58. The second-order valence-corrected chi connectivity index (χ2v) is 8.40. The van der Waals surface area contributed by atoms with Crippen LogP contribution in [0.1, 0.15) is 5.56 Å². The summed E-state index contributed by atoms with van der Waals surface area (Å²) in [5.41, 5.74) is 1.49. The Bertz CT molecular complexity index is 1060. The molecule has 0 bridgehead atoms. The molecule has 0 fully saturated rings. The quantitative estimate of drug-likeness (QED) is 0.290. The number of carbonyl (C=O) groups excluding carboxylic acids is 2. The van der Waals surface area contributed by atoms with Gasteiger partial charge in [-0.05, 0) is 29.8 Å². The molecule has 0 saturated carbocycles. The highest BCUT2D eigenvalue weighted by molar-refractivity contribution is 8.01. The minimum absolute atomic E-state index is 0.139. The molecule has 1 aromatic heterocycles. The van der Waals surface area contributed by atoms with Crippen LogP contribution < -0.4 is 15.4 Å². The van der Waals surface area contributed by atoms with Gasteiger partial charge in [0.15, 0.2) is 4.34 Å². The third kappa shape index (κ3) is 6.58. The van der Waals surface area contributed by atoms with Crippen molar-refractivity contribution in [2.75, 3.05) is 23.5 Å². The summed E-state index contributed by atoms with van der Waals surface area (Å²) in [6.07, 6.45) is 3.14. The van der Waals surface area contributed by atoms with Crippen LogP contribution in [-0.4, -0.2) is 34.9 Å². The first kappa shape index (κ1) is 21.8. The fourth-order valence-corrected chi connectivity index (χ4v) is 4.08. The van der Waals surface area contributed by atoms with Crippen molar-refractivity contribution in [2.45, 2.75) is 4.34 Å². The highest BCUT2D eigenvalue weighted by Crippen LogP contribution is 2.28. The summed E-state index contributed by atoms with van der Waals surface area (Å²) in [6, 6.07) is 14.5. The maximum absolute atomic E-state index is 12.1. The molecule has 0 unspecified atom stereocenters. The van der Waals surface area contributed by atoms with E-state index in [9.17, 15) is 9.59 Å². The molecule has 0 spiro atoms. The molecular weight excluding hydrogens is 444 g/mol. The van der Waals surface area contributed by atoms with Crippen molar-refractivity contribution in [3.8, 4) is 5.75 Å². The number of hydrogen-bond donors (Lipinski definition) is 2. The van der Waals surface area contributed by atoms with E-state index < -0.39 is 0 Å². The van der Waals surface area contributed by atoms with Crippen molar-refractivity contribution in [3.63, 3.8) is 0 Å². The minimum Gasteiger partial charge on any atom is -0.495 e. The van der Waals surface area contributed by atoms with Crippen molar-refractivity contribution in [2.24, 2.45) is 0 Å². The van der Waals surface area contributed by atoms with Gasteiger partial charge < -0.3 is 10.1 Å². The fraction of sp³-hybridized carbons (Fsp3) is 0.100. The topological polar surface area (TPSA) is 93.2 Å². The Labute approximate surface area is 186 Å². The van der Waals surface area contributed by atoms with Gasteiger partial charge in [0, 0.05) is 11.8 Å². The van der Waals surface area contributed by atoms with Gasteiger partial charge in [0.25, 0.3) is 0 Å². The molecule has 3 rings (SSSR count). The lowest BCUT2D eigenvalue weighted by Gasteiger charge is -2.07. The van der Waals surface area contributed by atoms with Crippen LogP contribution in [0.4, 0.5) is 10.8 Å². The lowest BCUT2D eigenvalue weighted by atomic mass is 10.2. The van der Waals surface area contributed by atoms with Crippen molar-refractivity contribution in [1.82, 2.24) is 10.2 Å². The van der Waals surface area contributed by atoms with Crippen molar-refractivity contribution in [1.29, 1.82) is 0 Å². The largest absolute Gasteiger partial charge is 0.495 e. The zero-order valence-electron chi connectivity index (χ0n) is 15.8. The molecule has 0 aliphatic heterocycles. The summed E-state index contributed by atoms with van der Waals surface area (Å²) < 4.78 is 5.65. The predicted molar refractivity (Wildman–Crippen MR) is 121 cm³/mol. The number of amides is 2. The molecule has 1 heterocycles. The number of benzene rings is 2. The first-order valence-electron chi connectivity index (χ1n) is 8.67. The van der Waals surface area contributed by atoms with Crippen molar-refractivity contribution in [3.05, 3.63) is 65.2 Å². The van der Waals surface area contributed by atoms with Gasteiger partial charge in [-0.25, -0.2) is 0 Å². The maximum atomic E-state index is 12.1. The summed E-state index contributed by atoms with van der Waals surface area (Å²) in [5.74, 6) is 0.153. The summed E-state index contributed by atoms with van der Waals surface area (Å²) >= 11 is 8.47. The number of thioether (sulfide) groups is 1. The van der Waals surface area contributed by atoms with E-state index in [4.69, 9.17) is 16.3 Å². The SMILES string of the molecule is COc1ccc(NC(=O)CSc2nnc(NC(=O)C=Cc3ccccc3)s2)cc1Cl. The first-order valence-corrected chi connectivity index (χ1v) is 10.9. The zero-order chi connectivity index (χ0) is 21.3. The number of aromatic nitrogens is 2. The van der Waals surface area contributed by atoms with Crippen LogP contribution in [0.25, 0.3) is 6.08 Å². The van der Waals surface area contributed by atoms with Crippen LogP contribution in [-0.2, 0) is 9.59 Å². The number of hydrogen-bond acceptors (Lipinski definition) is 7. The van der Waals surface area contributed by atoms with E-state index in [2.05, 4.69) is 20.8 Å². The Hall–Kier alpha value is -2.88. The van der Waals surface area contributed by atoms with E-state index in [1.807, 2.05) is 30.3 Å². The molecule has 3 aromatic rings. The minimum atomic E-state index is -0.305. The third-order valence-electron chi connectivity index (χ3n) is 3.63. The molecule has 0 atom stereocenters. The average molecular weight is 461 g/mol. The first-order chi connectivity index (χ1) is 14.5. The van der Waals surface area contributed by atoms with Gasteiger partial charge in [0.1, 0.15) is 5.75 Å². The van der Waals surface area contributed by atoms with Gasteiger partial charge in [0.05, 0.1) is 17.9 Å². The number of ether oxygens (including phenoxy) is 1. The lowest BCUT2D eigenvalue weighted by Crippen LogP contribution is -2.13. The Balaban J connectivity index is 1.47. The van der Waals surface area contributed by atoms with Gasteiger partial charge in [-0.1, -0.05) is 65.0 Å². The van der Waals surface area contributed by atoms with Crippen LogP contribution in [0.15, 0.2) is 58.9 Å². The number of nitrogens with one attached hydrogen (secondary N) is 2. The van der Waals surface area contributed by atoms with Crippen LogP contribution in [0, 0.1) is 0 Å². The Morgan fingerprint density at radius 2 is 1.97 bits per heavy atom. The molecule has 10 heteroatoms. The van der Waals surface area contributed by atoms with Gasteiger partial charge in [-0.2, -0.15) is 0 Å². The number of anilines is 2. The van der Waals surface area contributed by atoms with Gasteiger partial charge in [-0.15, -0.1) is 10.2 Å². The van der Waals surface area contributed by atoms with Crippen molar-refractivity contribution < 1.29 is 14.3 Å². The molecule has 0 aliphatic carbocycles. The molecule has 2 aromatic carbocycles. The Morgan fingerprint density at radius 3 is 2.70 bits per heavy atom. The monoisotopic (exact) mass is 460 g/mol. The molecule has 2 N–H and O–H groups in total. The zero-order valence-corrected chi connectivity index (χ0v) is 18.2. The fourth-order valence-electron chi connectivity index (χ4n) is 2.27. The summed E-state index contributed by atoms with van der Waals surface area (Å²) in [5, 5.41) is 14.1. The van der Waals surface area contributed by atoms with Crippen LogP contribution in [0.2, 0.25) is 5.02 Å². The van der Waals surface area contributed by atoms with E-state index in [1.165, 1.54) is 36.3 Å². The van der Waals surface area contributed by atoms with Gasteiger partial charge >= 0.3 is 0 Å². The van der Waals surface area contributed by atoms with Gasteiger partial charge in [-0.3, -0.25) is 14.9 Å². The normalized spacial score (nSPS) is 10.7. The summed E-state index contributed by atoms with van der Waals surface area (Å²) in [7, 11) is 1.52. The number of halogens is 1. The Morgan fingerprint density at radius 1 is 1.17 bits per heavy atom. The standard InChI is InChI=1S/C20H17ClN4O3S2/c1-28-16-9-8-14(11-15(16)21)22-18(27)12-29-20-25-24-19(30-20)23-17(26)10-7-13-5-3-2-4-6-13/h2-11H,12H2,1H3,(H,22,27)(H,23,24,26). The molecule has 0 aliphatic rings. The highest BCUT2D eigenvalue weighted by atomic mass is 35.5. The molecular formula is C20H17ClN4O3S2. The average Bonchev–Trinajstić information content (AvgIpc) is 3.19. The number of methoxy groups -OCH3 is 1. The van der Waals surface area contributed by atoms with E-state index in [-0.39, 0.29) is 17.6 Å². The molecule has 7 nitrogen and oxygen atoms in total. The van der Waals surface area contributed by atoms with E-state index in [1.54, 1.807) is 24.3 Å². The molecule has 2 amide bonds. The number of rotatable bonds is 8. The van der Waals surface area contributed by atoms with E-state index in [0.717, 1.165) is 5.56 Å². The van der Waals surface area contributed by atoms with Crippen molar-refractivity contribution >= 4 is 63.4 Å². The van der Waals surface area contributed by atoms with E-state index >= 15 is 0 Å². The molecule has 154 valence electrons. The number of carbonyl (C=O) groups is 2. The summed E-state index contributed by atoms with van der Waals surface area (Å²) in [4.78, 5) is 24.1. The Kier molecular flexibility index (Phi) is 7.83. The smallest absolute Gasteiger partial charge is 0.250 e. The van der Waals surface area contributed by atoms with Crippen LogP contribution >= 0.6 is 34.7 Å².